The molecule has 1 aromatic heterocycles. The van der Waals surface area contributed by atoms with Crippen molar-refractivity contribution < 1.29 is 5.11 Å². The molecule has 5 heteroatoms. The Morgan fingerprint density at radius 3 is 2.30 bits per heavy atom. The fraction of sp³-hybridized carbons (Fsp3) is 0.467. The van der Waals surface area contributed by atoms with Gasteiger partial charge in [0.1, 0.15) is 6.61 Å². The molecule has 2 rings (SSSR count). The van der Waals surface area contributed by atoms with Gasteiger partial charge in [0.25, 0.3) is 0 Å². The second-order valence-electron chi connectivity index (χ2n) is 5.85. The minimum absolute atomic E-state index is 0.0790. The summed E-state index contributed by atoms with van der Waals surface area (Å²) < 4.78 is 1.83. The third-order valence-electron chi connectivity index (χ3n) is 3.25. The fourth-order valence-electron chi connectivity index (χ4n) is 1.86. The largest absolute Gasteiger partial charge is 0.388 e. The molecular weight excluding hydrogens is 270 g/mol. The molecule has 20 heavy (non-hydrogen) atoms. The summed E-state index contributed by atoms with van der Waals surface area (Å²) in [6.45, 7) is 6.57. The number of benzene rings is 1. The molecule has 0 amide bonds. The lowest BCUT2D eigenvalue weighted by atomic mass is 9.87. The third kappa shape index (κ3) is 3.41. The van der Waals surface area contributed by atoms with Crippen LogP contribution in [0.3, 0.4) is 0 Å². The van der Waals surface area contributed by atoms with Crippen LogP contribution in [0.1, 0.15) is 37.7 Å². The Balaban J connectivity index is 2.02. The summed E-state index contributed by atoms with van der Waals surface area (Å²) in [6.07, 6.45) is 0. The van der Waals surface area contributed by atoms with Gasteiger partial charge in [0.05, 0.1) is 0 Å². The van der Waals surface area contributed by atoms with Crippen LogP contribution in [0.15, 0.2) is 29.4 Å². The van der Waals surface area contributed by atoms with Crippen molar-refractivity contribution in [2.24, 2.45) is 7.05 Å². The van der Waals surface area contributed by atoms with E-state index in [-0.39, 0.29) is 12.0 Å². The quantitative estimate of drug-likeness (QED) is 0.880. The first-order chi connectivity index (χ1) is 9.41. The molecule has 0 saturated carbocycles. The van der Waals surface area contributed by atoms with Crippen LogP contribution in [0.2, 0.25) is 0 Å². The second kappa shape index (κ2) is 5.97. The lowest BCUT2D eigenvalue weighted by Gasteiger charge is -2.19. The minimum Gasteiger partial charge on any atom is -0.388 e. The van der Waals surface area contributed by atoms with Gasteiger partial charge < -0.3 is 9.67 Å². The highest BCUT2D eigenvalue weighted by Crippen LogP contribution is 2.25. The van der Waals surface area contributed by atoms with E-state index in [1.54, 1.807) is 11.8 Å². The van der Waals surface area contributed by atoms with Gasteiger partial charge in [-0.25, -0.2) is 0 Å². The van der Waals surface area contributed by atoms with E-state index >= 15 is 0 Å². The Kier molecular flexibility index (Phi) is 4.50. The summed E-state index contributed by atoms with van der Waals surface area (Å²) >= 11 is 1.63. The van der Waals surface area contributed by atoms with Crippen LogP contribution in [0.4, 0.5) is 0 Å². The number of thioether (sulfide) groups is 1. The summed E-state index contributed by atoms with van der Waals surface area (Å²) in [7, 11) is 1.87. The summed E-state index contributed by atoms with van der Waals surface area (Å²) in [5, 5.41) is 17.9. The van der Waals surface area contributed by atoms with Crippen molar-refractivity contribution in [3.8, 4) is 0 Å². The van der Waals surface area contributed by atoms with E-state index in [4.69, 9.17) is 5.11 Å². The standard InChI is InChI=1S/C15H21N3OS/c1-15(2,3)12-7-5-11(6-8-12)10-20-14-17-16-13(9-19)18(14)4/h5-8,19H,9-10H2,1-4H3. The van der Waals surface area contributed by atoms with Gasteiger partial charge in [-0.05, 0) is 16.5 Å². The predicted molar refractivity (Wildman–Crippen MR) is 81.6 cm³/mol. The van der Waals surface area contributed by atoms with E-state index in [2.05, 4.69) is 55.2 Å². The van der Waals surface area contributed by atoms with Gasteiger partial charge in [0.15, 0.2) is 11.0 Å². The monoisotopic (exact) mass is 291 g/mol. The van der Waals surface area contributed by atoms with Crippen molar-refractivity contribution in [2.75, 3.05) is 0 Å². The second-order valence-corrected chi connectivity index (χ2v) is 6.79. The number of aliphatic hydroxyl groups is 1. The first-order valence-corrected chi connectivity index (χ1v) is 7.61. The molecule has 0 radical (unpaired) electrons. The molecular formula is C15H21N3OS. The lowest BCUT2D eigenvalue weighted by Crippen LogP contribution is -2.10. The maximum atomic E-state index is 9.09. The molecule has 1 N–H and O–H groups in total. The van der Waals surface area contributed by atoms with Gasteiger partial charge in [0.2, 0.25) is 0 Å². The van der Waals surface area contributed by atoms with E-state index < -0.39 is 0 Å². The summed E-state index contributed by atoms with van der Waals surface area (Å²) in [4.78, 5) is 0. The number of nitrogens with zero attached hydrogens (tertiary/aromatic N) is 3. The van der Waals surface area contributed by atoms with Crippen molar-refractivity contribution in [3.05, 3.63) is 41.2 Å². The molecule has 108 valence electrons. The molecule has 1 aromatic carbocycles. The zero-order valence-electron chi connectivity index (χ0n) is 12.4. The molecule has 0 saturated heterocycles. The van der Waals surface area contributed by atoms with Gasteiger partial charge in [-0.2, -0.15) is 0 Å². The molecule has 1 heterocycles. The van der Waals surface area contributed by atoms with Gasteiger partial charge in [-0.1, -0.05) is 56.8 Å². The Hall–Kier alpha value is -1.33. The zero-order chi connectivity index (χ0) is 14.8. The maximum absolute atomic E-state index is 9.09. The van der Waals surface area contributed by atoms with Crippen molar-refractivity contribution in [1.29, 1.82) is 0 Å². The van der Waals surface area contributed by atoms with Crippen LogP contribution in [0.25, 0.3) is 0 Å². The molecule has 4 nitrogen and oxygen atoms in total. The van der Waals surface area contributed by atoms with E-state index in [0.717, 1.165) is 10.9 Å². The molecule has 0 spiro atoms. The van der Waals surface area contributed by atoms with E-state index in [1.807, 2.05) is 11.6 Å². The van der Waals surface area contributed by atoms with Crippen molar-refractivity contribution >= 4 is 11.8 Å². The van der Waals surface area contributed by atoms with Gasteiger partial charge in [-0.3, -0.25) is 0 Å². The first-order valence-electron chi connectivity index (χ1n) is 6.63. The average molecular weight is 291 g/mol. The average Bonchev–Trinajstić information content (AvgIpc) is 2.76. The number of hydrogen-bond acceptors (Lipinski definition) is 4. The van der Waals surface area contributed by atoms with Crippen LogP contribution in [-0.4, -0.2) is 19.9 Å². The molecule has 2 aromatic rings. The Labute approximate surface area is 124 Å². The summed E-state index contributed by atoms with van der Waals surface area (Å²) in [6, 6.07) is 8.70. The molecule has 0 aliphatic rings. The van der Waals surface area contributed by atoms with Crippen LogP contribution < -0.4 is 0 Å². The summed E-state index contributed by atoms with van der Waals surface area (Å²) in [5.74, 6) is 1.44. The molecule has 0 aliphatic carbocycles. The normalized spacial score (nSPS) is 11.8. The molecule has 0 atom stereocenters. The van der Waals surface area contributed by atoms with Crippen LogP contribution in [-0.2, 0) is 24.8 Å². The van der Waals surface area contributed by atoms with Crippen molar-refractivity contribution in [1.82, 2.24) is 14.8 Å². The number of aromatic nitrogens is 3. The van der Waals surface area contributed by atoms with E-state index in [9.17, 15) is 0 Å². The van der Waals surface area contributed by atoms with Crippen molar-refractivity contribution in [3.63, 3.8) is 0 Å². The van der Waals surface area contributed by atoms with Crippen LogP contribution >= 0.6 is 11.8 Å². The smallest absolute Gasteiger partial charge is 0.191 e. The number of hydrogen-bond donors (Lipinski definition) is 1. The maximum Gasteiger partial charge on any atom is 0.191 e. The zero-order valence-corrected chi connectivity index (χ0v) is 13.2. The van der Waals surface area contributed by atoms with Crippen molar-refractivity contribution in [2.45, 2.75) is 43.7 Å². The topological polar surface area (TPSA) is 50.9 Å². The highest BCUT2D eigenvalue weighted by molar-refractivity contribution is 7.98. The van der Waals surface area contributed by atoms with Gasteiger partial charge in [0, 0.05) is 12.8 Å². The number of aliphatic hydroxyl groups excluding tert-OH is 1. The minimum atomic E-state index is -0.0790. The highest BCUT2D eigenvalue weighted by atomic mass is 32.2. The summed E-state index contributed by atoms with van der Waals surface area (Å²) in [5.41, 5.74) is 2.79. The fourth-order valence-corrected chi connectivity index (χ4v) is 2.74. The molecule has 0 unspecified atom stereocenters. The van der Waals surface area contributed by atoms with Gasteiger partial charge in [-0.15, -0.1) is 10.2 Å². The number of rotatable bonds is 4. The van der Waals surface area contributed by atoms with E-state index in [0.29, 0.717) is 5.82 Å². The molecule has 0 bridgehead atoms. The lowest BCUT2D eigenvalue weighted by molar-refractivity contribution is 0.266. The highest BCUT2D eigenvalue weighted by Gasteiger charge is 2.13. The first kappa shape index (κ1) is 15.1. The molecule has 0 fully saturated rings. The SMILES string of the molecule is Cn1c(CO)nnc1SCc1ccc(C(C)(C)C)cc1. The Morgan fingerprint density at radius 2 is 1.80 bits per heavy atom. The van der Waals surface area contributed by atoms with Gasteiger partial charge >= 0.3 is 0 Å². The Bertz CT molecular complexity index is 570. The van der Waals surface area contributed by atoms with Crippen LogP contribution in [0.5, 0.6) is 0 Å². The predicted octanol–water partition coefficient (Wildman–Crippen LogP) is 2.90. The molecule has 0 aliphatic heterocycles. The van der Waals surface area contributed by atoms with Crippen LogP contribution in [0, 0.1) is 0 Å². The van der Waals surface area contributed by atoms with E-state index in [1.165, 1.54) is 11.1 Å². The third-order valence-corrected chi connectivity index (χ3v) is 4.35. The Morgan fingerprint density at radius 1 is 1.15 bits per heavy atom.